The topological polar surface area (TPSA) is 54.9 Å². The van der Waals surface area contributed by atoms with Gasteiger partial charge in [0, 0.05) is 12.6 Å². The Morgan fingerprint density at radius 2 is 2.14 bits per heavy atom. The van der Waals surface area contributed by atoms with Crippen molar-refractivity contribution in [3.8, 4) is 0 Å². The third-order valence-electron chi connectivity index (χ3n) is 3.99. The van der Waals surface area contributed by atoms with E-state index < -0.39 is 0 Å². The molecule has 4 nitrogen and oxygen atoms in total. The van der Waals surface area contributed by atoms with Gasteiger partial charge in [0.25, 0.3) is 0 Å². The zero-order chi connectivity index (χ0) is 14.7. The van der Waals surface area contributed by atoms with Crippen molar-refractivity contribution >= 4 is 5.91 Å². The van der Waals surface area contributed by atoms with Gasteiger partial charge in [-0.3, -0.25) is 14.8 Å². The van der Waals surface area contributed by atoms with Crippen LogP contribution in [0.4, 0.5) is 0 Å². The van der Waals surface area contributed by atoms with E-state index in [2.05, 4.69) is 39.6 Å². The summed E-state index contributed by atoms with van der Waals surface area (Å²) in [6, 6.07) is 8.43. The molecule has 1 aliphatic rings. The maximum atomic E-state index is 12.1. The minimum Gasteiger partial charge on any atom is -0.350 e. The molecule has 1 N–H and O–H groups in total. The van der Waals surface area contributed by atoms with E-state index in [-0.39, 0.29) is 5.91 Å². The number of carbonyl (C=O) groups excluding carboxylic acids is 1. The molecule has 1 amide bonds. The molecule has 3 rings (SSSR count). The Kier molecular flexibility index (Phi) is 3.95. The van der Waals surface area contributed by atoms with Gasteiger partial charge in [-0.15, -0.1) is 0 Å². The number of amides is 1. The van der Waals surface area contributed by atoms with Gasteiger partial charge in [-0.25, -0.2) is 0 Å². The van der Waals surface area contributed by atoms with E-state index >= 15 is 0 Å². The van der Waals surface area contributed by atoms with Crippen LogP contribution < -0.4 is 5.32 Å². The first-order chi connectivity index (χ1) is 10.2. The number of fused-ring (bicyclic) bond motifs is 1. The number of nitrogens with one attached hydrogen (secondary N) is 1. The summed E-state index contributed by atoms with van der Waals surface area (Å²) >= 11 is 0. The largest absolute Gasteiger partial charge is 0.350 e. The van der Waals surface area contributed by atoms with Gasteiger partial charge >= 0.3 is 0 Å². The van der Waals surface area contributed by atoms with Crippen molar-refractivity contribution in [2.45, 2.75) is 38.6 Å². The molecule has 0 unspecified atom stereocenters. The first-order valence-corrected chi connectivity index (χ1v) is 7.34. The normalized spacial score (nSPS) is 16.5. The average molecular weight is 281 g/mol. The molecule has 108 valence electrons. The van der Waals surface area contributed by atoms with E-state index in [1.807, 2.05) is 6.92 Å². The van der Waals surface area contributed by atoms with Crippen molar-refractivity contribution in [2.24, 2.45) is 0 Å². The second kappa shape index (κ2) is 6.04. The summed E-state index contributed by atoms with van der Waals surface area (Å²) in [5.74, 6) is 0.435. The predicted octanol–water partition coefficient (Wildman–Crippen LogP) is 2.52. The molecule has 1 aromatic heterocycles. The SMILES string of the molecule is Cc1cnc(CNC(=O)C[C@H]2CCc3ccccc32)cn1. The summed E-state index contributed by atoms with van der Waals surface area (Å²) in [4.78, 5) is 20.5. The van der Waals surface area contributed by atoms with E-state index in [1.165, 1.54) is 11.1 Å². The highest BCUT2D eigenvalue weighted by atomic mass is 16.1. The highest BCUT2D eigenvalue weighted by Crippen LogP contribution is 2.34. The van der Waals surface area contributed by atoms with Gasteiger partial charge in [0.15, 0.2) is 0 Å². The monoisotopic (exact) mass is 281 g/mol. The number of hydrogen-bond acceptors (Lipinski definition) is 3. The smallest absolute Gasteiger partial charge is 0.220 e. The minimum absolute atomic E-state index is 0.0825. The lowest BCUT2D eigenvalue weighted by atomic mass is 9.97. The fraction of sp³-hybridized carbons (Fsp3) is 0.353. The fourth-order valence-electron chi connectivity index (χ4n) is 2.85. The Hall–Kier alpha value is -2.23. The Morgan fingerprint density at radius 1 is 1.29 bits per heavy atom. The van der Waals surface area contributed by atoms with Crippen LogP contribution in [0.25, 0.3) is 0 Å². The molecule has 0 saturated heterocycles. The Bertz CT molecular complexity index is 637. The fourth-order valence-corrected chi connectivity index (χ4v) is 2.85. The second-order valence-electron chi connectivity index (χ2n) is 5.56. The highest BCUT2D eigenvalue weighted by molar-refractivity contribution is 5.77. The molecule has 21 heavy (non-hydrogen) atoms. The van der Waals surface area contributed by atoms with Crippen LogP contribution in [0.15, 0.2) is 36.7 Å². The van der Waals surface area contributed by atoms with Gasteiger partial charge in [0.2, 0.25) is 5.91 Å². The van der Waals surface area contributed by atoms with Gasteiger partial charge in [-0.05, 0) is 36.8 Å². The number of hydrogen-bond donors (Lipinski definition) is 1. The average Bonchev–Trinajstić information content (AvgIpc) is 2.90. The standard InChI is InChI=1S/C17H19N3O/c1-12-9-19-15(10-18-12)11-20-17(21)8-14-7-6-13-4-2-3-5-16(13)14/h2-5,9-10,14H,6-8,11H2,1H3,(H,20,21)/t14-/m1/s1. The van der Waals surface area contributed by atoms with Crippen LogP contribution in [0.3, 0.4) is 0 Å². The van der Waals surface area contributed by atoms with E-state index in [0.717, 1.165) is 24.2 Å². The minimum atomic E-state index is 0.0825. The molecule has 0 aliphatic heterocycles. The van der Waals surface area contributed by atoms with Crippen LogP contribution in [-0.4, -0.2) is 15.9 Å². The van der Waals surface area contributed by atoms with Gasteiger partial charge < -0.3 is 5.32 Å². The summed E-state index contributed by atoms with van der Waals surface area (Å²) in [5.41, 5.74) is 4.40. The van der Waals surface area contributed by atoms with Crippen molar-refractivity contribution in [3.05, 3.63) is 59.2 Å². The van der Waals surface area contributed by atoms with Crippen LogP contribution in [-0.2, 0) is 17.8 Å². The lowest BCUT2D eigenvalue weighted by Gasteiger charge is -2.11. The molecule has 0 fully saturated rings. The van der Waals surface area contributed by atoms with Crippen molar-refractivity contribution < 1.29 is 4.79 Å². The molecule has 1 heterocycles. The molecule has 1 aromatic carbocycles. The van der Waals surface area contributed by atoms with Gasteiger partial charge in [-0.1, -0.05) is 24.3 Å². The number of rotatable bonds is 4. The first kappa shape index (κ1) is 13.7. The Balaban J connectivity index is 1.54. The number of aromatic nitrogens is 2. The molecule has 1 aliphatic carbocycles. The van der Waals surface area contributed by atoms with Crippen LogP contribution in [0.2, 0.25) is 0 Å². The zero-order valence-electron chi connectivity index (χ0n) is 12.2. The third kappa shape index (κ3) is 3.27. The predicted molar refractivity (Wildman–Crippen MR) is 80.7 cm³/mol. The maximum absolute atomic E-state index is 12.1. The Labute approximate surface area is 124 Å². The summed E-state index contributed by atoms with van der Waals surface area (Å²) < 4.78 is 0. The summed E-state index contributed by atoms with van der Waals surface area (Å²) in [7, 11) is 0. The molecular weight excluding hydrogens is 262 g/mol. The molecule has 4 heteroatoms. The molecule has 2 aromatic rings. The number of benzene rings is 1. The van der Waals surface area contributed by atoms with Crippen molar-refractivity contribution in [3.63, 3.8) is 0 Å². The van der Waals surface area contributed by atoms with E-state index in [1.54, 1.807) is 12.4 Å². The highest BCUT2D eigenvalue weighted by Gasteiger charge is 2.23. The van der Waals surface area contributed by atoms with Crippen LogP contribution in [0.5, 0.6) is 0 Å². The summed E-state index contributed by atoms with van der Waals surface area (Å²) in [6.45, 7) is 2.34. The quantitative estimate of drug-likeness (QED) is 0.937. The van der Waals surface area contributed by atoms with Crippen LogP contribution in [0.1, 0.15) is 41.3 Å². The zero-order valence-corrected chi connectivity index (χ0v) is 12.2. The molecular formula is C17H19N3O. The first-order valence-electron chi connectivity index (χ1n) is 7.34. The Morgan fingerprint density at radius 3 is 2.95 bits per heavy atom. The number of carbonyl (C=O) groups is 1. The molecule has 0 spiro atoms. The third-order valence-corrected chi connectivity index (χ3v) is 3.99. The van der Waals surface area contributed by atoms with E-state index in [4.69, 9.17) is 0 Å². The number of aryl methyl sites for hydroxylation is 2. The molecule has 0 saturated carbocycles. The van der Waals surface area contributed by atoms with Crippen molar-refractivity contribution in [2.75, 3.05) is 0 Å². The van der Waals surface area contributed by atoms with Crippen molar-refractivity contribution in [1.29, 1.82) is 0 Å². The molecule has 1 atom stereocenters. The van der Waals surface area contributed by atoms with Crippen LogP contribution in [0, 0.1) is 6.92 Å². The van der Waals surface area contributed by atoms with Crippen molar-refractivity contribution in [1.82, 2.24) is 15.3 Å². The maximum Gasteiger partial charge on any atom is 0.220 e. The van der Waals surface area contributed by atoms with E-state index in [0.29, 0.717) is 18.9 Å². The summed E-state index contributed by atoms with van der Waals surface area (Å²) in [6.07, 6.45) is 6.13. The molecule has 0 bridgehead atoms. The van der Waals surface area contributed by atoms with E-state index in [9.17, 15) is 4.79 Å². The van der Waals surface area contributed by atoms with Gasteiger partial charge in [0.05, 0.1) is 24.1 Å². The molecule has 0 radical (unpaired) electrons. The second-order valence-corrected chi connectivity index (χ2v) is 5.56. The lowest BCUT2D eigenvalue weighted by molar-refractivity contribution is -0.121. The van der Waals surface area contributed by atoms with Gasteiger partial charge in [-0.2, -0.15) is 0 Å². The van der Waals surface area contributed by atoms with Crippen LogP contribution >= 0.6 is 0 Å². The number of nitrogens with zero attached hydrogens (tertiary/aromatic N) is 2. The van der Waals surface area contributed by atoms with Gasteiger partial charge in [0.1, 0.15) is 0 Å². The summed E-state index contributed by atoms with van der Waals surface area (Å²) in [5, 5.41) is 2.93. The lowest BCUT2D eigenvalue weighted by Crippen LogP contribution is -2.24.